The molecule has 2 aromatic heterocycles. The Bertz CT molecular complexity index is 881. The van der Waals surface area contributed by atoms with E-state index in [0.29, 0.717) is 5.56 Å². The molecule has 0 amide bonds. The van der Waals surface area contributed by atoms with E-state index in [1.165, 1.54) is 17.5 Å². The van der Waals surface area contributed by atoms with Crippen molar-refractivity contribution in [2.75, 3.05) is 0 Å². The third-order valence-corrected chi connectivity index (χ3v) is 3.77. The number of hydrogen-bond acceptors (Lipinski definition) is 7. The number of halogens is 1. The zero-order valence-electron chi connectivity index (χ0n) is 12.9. The van der Waals surface area contributed by atoms with E-state index in [4.69, 9.17) is 5.84 Å². The Hall–Kier alpha value is -3.20. The number of fused-ring (bicyclic) bond motifs is 1. The molecule has 0 radical (unpaired) electrons. The second kappa shape index (κ2) is 5.46. The zero-order valence-corrected chi connectivity index (χ0v) is 12.9. The van der Waals surface area contributed by atoms with Crippen LogP contribution in [0.25, 0.3) is 5.70 Å². The standard InChI is InChI=1S/C15H15FN8/c1-22-6-11(5-20-22)13-14-12(8-23(17)9-19-14)24(21-13)7-10-3-2-4-18-15(10)16/h2-6,8-9,21H,7,17H2,1H3. The summed E-state index contributed by atoms with van der Waals surface area (Å²) in [6.45, 7) is 0.280. The lowest BCUT2D eigenvalue weighted by Gasteiger charge is -2.24. The molecule has 0 saturated heterocycles. The van der Waals surface area contributed by atoms with Crippen LogP contribution in [0.5, 0.6) is 0 Å². The van der Waals surface area contributed by atoms with E-state index in [0.717, 1.165) is 22.7 Å². The van der Waals surface area contributed by atoms with Crippen molar-refractivity contribution >= 4 is 12.0 Å². The molecule has 8 nitrogen and oxygen atoms in total. The Balaban J connectivity index is 1.70. The fourth-order valence-corrected chi connectivity index (χ4v) is 2.65. The average molecular weight is 326 g/mol. The molecular weight excluding hydrogens is 311 g/mol. The van der Waals surface area contributed by atoms with Crippen molar-refractivity contribution in [1.82, 2.24) is 30.2 Å². The van der Waals surface area contributed by atoms with E-state index in [1.807, 2.05) is 13.2 Å². The third kappa shape index (κ3) is 2.40. The molecule has 4 rings (SSSR count). The maximum atomic E-state index is 13.9. The van der Waals surface area contributed by atoms with E-state index < -0.39 is 5.95 Å². The monoisotopic (exact) mass is 326 g/mol. The number of pyridine rings is 1. The summed E-state index contributed by atoms with van der Waals surface area (Å²) < 4.78 is 15.6. The summed E-state index contributed by atoms with van der Waals surface area (Å²) in [5.41, 5.74) is 6.89. The third-order valence-electron chi connectivity index (χ3n) is 3.77. The molecular formula is C15H15FN8. The van der Waals surface area contributed by atoms with Gasteiger partial charge in [-0.15, -0.1) is 0 Å². The first-order valence-corrected chi connectivity index (χ1v) is 7.28. The number of aromatic nitrogens is 3. The Morgan fingerprint density at radius 3 is 3.00 bits per heavy atom. The summed E-state index contributed by atoms with van der Waals surface area (Å²) in [5.74, 6) is 5.29. The SMILES string of the molecule is Cn1cc(C2=C3N=CN(N)C=C3N(Cc3cccnc3F)N2)cn1. The maximum absolute atomic E-state index is 13.9. The van der Waals surface area contributed by atoms with Gasteiger partial charge < -0.3 is 0 Å². The summed E-state index contributed by atoms with van der Waals surface area (Å²) in [7, 11) is 1.84. The van der Waals surface area contributed by atoms with Crippen molar-refractivity contribution in [3.8, 4) is 0 Å². The molecule has 0 atom stereocenters. The van der Waals surface area contributed by atoms with E-state index >= 15 is 0 Å². The highest BCUT2D eigenvalue weighted by molar-refractivity contribution is 5.77. The Morgan fingerprint density at radius 1 is 1.38 bits per heavy atom. The van der Waals surface area contributed by atoms with Crippen LogP contribution < -0.4 is 11.3 Å². The molecule has 9 heteroatoms. The van der Waals surface area contributed by atoms with Crippen LogP contribution in [0, 0.1) is 5.95 Å². The molecule has 2 aliphatic rings. The topological polar surface area (TPSA) is 87.6 Å². The number of hydrazine groups is 2. The minimum absolute atomic E-state index is 0.280. The van der Waals surface area contributed by atoms with Crippen molar-refractivity contribution in [2.45, 2.75) is 6.54 Å². The maximum Gasteiger partial charge on any atom is 0.217 e. The molecule has 24 heavy (non-hydrogen) atoms. The van der Waals surface area contributed by atoms with Gasteiger partial charge in [0.25, 0.3) is 0 Å². The van der Waals surface area contributed by atoms with Gasteiger partial charge in [-0.05, 0) is 6.07 Å². The summed E-state index contributed by atoms with van der Waals surface area (Å²) in [6, 6.07) is 3.39. The number of rotatable bonds is 3. The van der Waals surface area contributed by atoms with Gasteiger partial charge in [-0.2, -0.15) is 9.49 Å². The van der Waals surface area contributed by atoms with Gasteiger partial charge in [-0.1, -0.05) is 6.07 Å². The van der Waals surface area contributed by atoms with Gasteiger partial charge in [0, 0.05) is 36.8 Å². The molecule has 122 valence electrons. The van der Waals surface area contributed by atoms with Crippen molar-refractivity contribution in [2.24, 2.45) is 17.9 Å². The van der Waals surface area contributed by atoms with Gasteiger partial charge >= 0.3 is 0 Å². The predicted octanol–water partition coefficient (Wildman–Crippen LogP) is 0.702. The van der Waals surface area contributed by atoms with Gasteiger partial charge in [0.1, 0.15) is 17.7 Å². The second-order valence-electron chi connectivity index (χ2n) is 5.48. The summed E-state index contributed by atoms with van der Waals surface area (Å²) >= 11 is 0. The molecule has 0 unspecified atom stereocenters. The zero-order chi connectivity index (χ0) is 16.7. The van der Waals surface area contributed by atoms with Crippen LogP contribution in [-0.4, -0.2) is 31.1 Å². The van der Waals surface area contributed by atoms with Crippen LogP contribution in [0.3, 0.4) is 0 Å². The largest absolute Gasteiger partial charge is 0.295 e. The highest BCUT2D eigenvalue weighted by Gasteiger charge is 2.30. The summed E-state index contributed by atoms with van der Waals surface area (Å²) in [4.78, 5) is 8.08. The minimum atomic E-state index is -0.500. The van der Waals surface area contributed by atoms with Gasteiger partial charge in [-0.3, -0.25) is 20.1 Å². The van der Waals surface area contributed by atoms with Crippen molar-refractivity contribution < 1.29 is 4.39 Å². The summed E-state index contributed by atoms with van der Waals surface area (Å²) in [5, 5.41) is 7.33. The fraction of sp³-hybridized carbons (Fsp3) is 0.133. The number of hydrogen-bond donors (Lipinski definition) is 2. The lowest BCUT2D eigenvalue weighted by atomic mass is 10.2. The lowest BCUT2D eigenvalue weighted by Crippen LogP contribution is -2.34. The quantitative estimate of drug-likeness (QED) is 0.638. The molecule has 4 heterocycles. The first-order valence-electron chi connectivity index (χ1n) is 7.28. The predicted molar refractivity (Wildman–Crippen MR) is 85.6 cm³/mol. The molecule has 0 bridgehead atoms. The van der Waals surface area contributed by atoms with Crippen LogP contribution in [0.4, 0.5) is 4.39 Å². The van der Waals surface area contributed by atoms with E-state index in [1.54, 1.807) is 34.2 Å². The number of aliphatic imine (C=N–C) groups is 1. The van der Waals surface area contributed by atoms with E-state index in [-0.39, 0.29) is 6.54 Å². The fourth-order valence-electron chi connectivity index (χ4n) is 2.65. The van der Waals surface area contributed by atoms with Crippen molar-refractivity contribution in [3.05, 3.63) is 65.4 Å². The molecule has 2 aromatic rings. The molecule has 0 aliphatic carbocycles. The van der Waals surface area contributed by atoms with Crippen LogP contribution in [0.2, 0.25) is 0 Å². The Morgan fingerprint density at radius 2 is 2.25 bits per heavy atom. The van der Waals surface area contributed by atoms with Crippen LogP contribution in [0.15, 0.2) is 53.3 Å². The Labute approximate surface area is 137 Å². The first kappa shape index (κ1) is 14.4. The van der Waals surface area contributed by atoms with Crippen LogP contribution >= 0.6 is 0 Å². The highest BCUT2D eigenvalue weighted by Crippen LogP contribution is 2.33. The second-order valence-corrected chi connectivity index (χ2v) is 5.48. The van der Waals surface area contributed by atoms with Gasteiger partial charge in [-0.25, -0.2) is 15.8 Å². The molecule has 0 fully saturated rings. The lowest BCUT2D eigenvalue weighted by molar-refractivity contribution is 0.296. The van der Waals surface area contributed by atoms with E-state index in [9.17, 15) is 4.39 Å². The highest BCUT2D eigenvalue weighted by atomic mass is 19.1. The smallest absolute Gasteiger partial charge is 0.217 e. The number of nitrogens with zero attached hydrogens (tertiary/aromatic N) is 6. The van der Waals surface area contributed by atoms with E-state index in [2.05, 4.69) is 20.5 Å². The summed E-state index contributed by atoms with van der Waals surface area (Å²) in [6.07, 6.45) is 8.29. The van der Waals surface area contributed by atoms with Crippen LogP contribution in [-0.2, 0) is 13.6 Å². The number of nitrogens with two attached hydrogens (primary N) is 1. The molecule has 3 N–H and O–H groups in total. The first-order chi connectivity index (χ1) is 11.6. The normalized spacial score (nSPS) is 16.4. The number of nitrogens with one attached hydrogen (secondary N) is 1. The van der Waals surface area contributed by atoms with Gasteiger partial charge in [0.2, 0.25) is 5.95 Å². The van der Waals surface area contributed by atoms with Crippen molar-refractivity contribution in [3.63, 3.8) is 0 Å². The molecule has 0 aromatic carbocycles. The van der Waals surface area contributed by atoms with Gasteiger partial charge in [0.05, 0.1) is 18.4 Å². The number of aryl methyl sites for hydroxylation is 1. The van der Waals surface area contributed by atoms with Gasteiger partial charge in [0.15, 0.2) is 0 Å². The molecule has 0 saturated carbocycles. The van der Waals surface area contributed by atoms with Crippen LogP contribution in [0.1, 0.15) is 11.1 Å². The minimum Gasteiger partial charge on any atom is -0.295 e. The molecule has 0 spiro atoms. The Kier molecular flexibility index (Phi) is 3.28. The average Bonchev–Trinajstić information content (AvgIpc) is 3.13. The molecule has 2 aliphatic heterocycles. The van der Waals surface area contributed by atoms with Crippen molar-refractivity contribution in [1.29, 1.82) is 0 Å².